The monoisotopic (exact) mass is 504 g/mol. The van der Waals surface area contributed by atoms with Gasteiger partial charge in [0.15, 0.2) is 0 Å². The van der Waals surface area contributed by atoms with Gasteiger partial charge in [-0.2, -0.15) is 0 Å². The van der Waals surface area contributed by atoms with Crippen LogP contribution in [0.3, 0.4) is 0 Å². The van der Waals surface area contributed by atoms with Gasteiger partial charge in [-0.3, -0.25) is 9.59 Å². The highest BCUT2D eigenvalue weighted by molar-refractivity contribution is 7.14. The Morgan fingerprint density at radius 3 is 2.37 bits per heavy atom. The van der Waals surface area contributed by atoms with E-state index in [4.69, 9.17) is 14.2 Å². The summed E-state index contributed by atoms with van der Waals surface area (Å²) in [5, 5.41) is 5.12. The Bertz CT molecular complexity index is 999. The van der Waals surface area contributed by atoms with Gasteiger partial charge >= 0.3 is 18.0 Å². The molecule has 190 valence electrons. The maximum Gasteiger partial charge on any atom is 0.408 e. The van der Waals surface area contributed by atoms with Gasteiger partial charge in [-0.1, -0.05) is 30.3 Å². The van der Waals surface area contributed by atoms with Crippen LogP contribution in [0.15, 0.2) is 42.5 Å². The van der Waals surface area contributed by atoms with Gasteiger partial charge in [0.2, 0.25) is 0 Å². The van der Waals surface area contributed by atoms with Gasteiger partial charge < -0.3 is 24.8 Å². The maximum atomic E-state index is 12.6. The van der Waals surface area contributed by atoms with Crippen LogP contribution in [-0.2, 0) is 36.8 Å². The molecule has 2 aromatic rings. The number of rotatable bonds is 11. The molecule has 1 heterocycles. The first kappa shape index (κ1) is 27.8. The smallest absolute Gasteiger partial charge is 0.408 e. The fourth-order valence-corrected chi connectivity index (χ4v) is 3.77. The molecule has 9 nitrogen and oxygen atoms in total. The Balaban J connectivity index is 1.94. The van der Waals surface area contributed by atoms with Crippen molar-refractivity contribution in [3.05, 3.63) is 57.8 Å². The van der Waals surface area contributed by atoms with E-state index in [9.17, 15) is 19.2 Å². The van der Waals surface area contributed by atoms with Gasteiger partial charge in [0, 0.05) is 11.4 Å². The lowest BCUT2D eigenvalue weighted by Crippen LogP contribution is -2.50. The predicted octanol–water partition coefficient (Wildman–Crippen LogP) is 3.61. The molecule has 0 radical (unpaired) electrons. The van der Waals surface area contributed by atoms with Gasteiger partial charge in [-0.05, 0) is 51.8 Å². The molecule has 10 heteroatoms. The molecular weight excluding hydrogens is 472 g/mol. The summed E-state index contributed by atoms with van der Waals surface area (Å²) in [7, 11) is 0. The Kier molecular flexibility index (Phi) is 10.7. The van der Waals surface area contributed by atoms with E-state index < -0.39 is 29.6 Å². The van der Waals surface area contributed by atoms with Crippen LogP contribution < -0.4 is 10.6 Å². The molecule has 2 N–H and O–H groups in total. The number of hydrogen-bond acceptors (Lipinski definition) is 8. The van der Waals surface area contributed by atoms with Crippen LogP contribution in [0.1, 0.15) is 54.2 Å². The first-order chi connectivity index (χ1) is 16.6. The number of carbonyl (C=O) groups excluding carboxylic acids is 4. The number of carbonyl (C=O) groups is 4. The zero-order chi connectivity index (χ0) is 25.8. The topological polar surface area (TPSA) is 120 Å². The molecule has 1 atom stereocenters. The molecular formula is C25H32N2O7S. The second-order valence-corrected chi connectivity index (χ2v) is 9.74. The SMILES string of the molecule is CCOC(=O)CCc1ccc(C(=O)NC[C@H](NC(=O)OCc2ccccc2)C(=O)OC(C)(C)C)s1. The highest BCUT2D eigenvalue weighted by Crippen LogP contribution is 2.18. The number of thiophene rings is 1. The molecule has 0 aliphatic rings. The van der Waals surface area contributed by atoms with Crippen LogP contribution in [0.2, 0.25) is 0 Å². The molecule has 0 fully saturated rings. The number of alkyl carbamates (subject to hydrolysis) is 1. The molecule has 2 rings (SSSR count). The maximum absolute atomic E-state index is 12.6. The van der Waals surface area contributed by atoms with E-state index in [-0.39, 0.29) is 25.5 Å². The van der Waals surface area contributed by atoms with Crippen molar-refractivity contribution >= 4 is 35.3 Å². The third-order valence-corrected chi connectivity index (χ3v) is 5.57. The van der Waals surface area contributed by atoms with E-state index in [2.05, 4.69) is 10.6 Å². The summed E-state index contributed by atoms with van der Waals surface area (Å²) in [5.41, 5.74) is 0.0116. The number of aryl methyl sites for hydroxylation is 1. The lowest BCUT2D eigenvalue weighted by Gasteiger charge is -2.24. The number of ether oxygens (including phenoxy) is 3. The molecule has 0 spiro atoms. The third kappa shape index (κ3) is 10.6. The van der Waals surface area contributed by atoms with Crippen molar-refractivity contribution < 1.29 is 33.4 Å². The Labute approximate surface area is 209 Å². The van der Waals surface area contributed by atoms with Crippen molar-refractivity contribution in [3.8, 4) is 0 Å². The van der Waals surface area contributed by atoms with E-state index in [1.165, 1.54) is 11.3 Å². The average Bonchev–Trinajstić information content (AvgIpc) is 3.28. The molecule has 1 aromatic heterocycles. The van der Waals surface area contributed by atoms with Crippen LogP contribution in [0.4, 0.5) is 4.79 Å². The number of amides is 2. The molecule has 0 saturated carbocycles. The van der Waals surface area contributed by atoms with E-state index in [0.717, 1.165) is 10.4 Å². The summed E-state index contributed by atoms with van der Waals surface area (Å²) < 4.78 is 15.5. The lowest BCUT2D eigenvalue weighted by atomic mass is 10.2. The highest BCUT2D eigenvalue weighted by atomic mass is 32.1. The first-order valence-electron chi connectivity index (χ1n) is 11.3. The van der Waals surface area contributed by atoms with E-state index in [1.807, 2.05) is 18.2 Å². The average molecular weight is 505 g/mol. The van der Waals surface area contributed by atoms with Crippen molar-refractivity contribution in [1.82, 2.24) is 10.6 Å². The first-order valence-corrected chi connectivity index (χ1v) is 12.1. The van der Waals surface area contributed by atoms with Crippen molar-refractivity contribution in [2.45, 2.75) is 58.8 Å². The fourth-order valence-electron chi connectivity index (χ4n) is 2.85. The molecule has 35 heavy (non-hydrogen) atoms. The van der Waals surface area contributed by atoms with Crippen LogP contribution in [-0.4, -0.2) is 48.7 Å². The number of hydrogen-bond donors (Lipinski definition) is 2. The van der Waals surface area contributed by atoms with Crippen molar-refractivity contribution in [2.24, 2.45) is 0 Å². The van der Waals surface area contributed by atoms with Crippen LogP contribution in [0.5, 0.6) is 0 Å². The zero-order valence-electron chi connectivity index (χ0n) is 20.4. The summed E-state index contributed by atoms with van der Waals surface area (Å²) in [6.07, 6.45) is -0.117. The minimum atomic E-state index is -1.15. The van der Waals surface area contributed by atoms with Gasteiger partial charge in [0.1, 0.15) is 18.2 Å². The zero-order valence-corrected chi connectivity index (χ0v) is 21.2. The summed E-state index contributed by atoms with van der Waals surface area (Å²) in [5.74, 6) is -1.40. The molecule has 0 unspecified atom stereocenters. The normalized spacial score (nSPS) is 11.8. The Morgan fingerprint density at radius 2 is 1.71 bits per heavy atom. The van der Waals surface area contributed by atoms with E-state index in [1.54, 1.807) is 52.0 Å². The number of benzene rings is 1. The molecule has 0 bridgehead atoms. The third-order valence-electron chi connectivity index (χ3n) is 4.43. The minimum Gasteiger partial charge on any atom is -0.466 e. The number of esters is 2. The van der Waals surface area contributed by atoms with E-state index in [0.29, 0.717) is 17.9 Å². The molecule has 0 aliphatic heterocycles. The highest BCUT2D eigenvalue weighted by Gasteiger charge is 2.28. The Hall–Kier alpha value is -3.40. The van der Waals surface area contributed by atoms with Gasteiger partial charge in [0.05, 0.1) is 17.9 Å². The quantitative estimate of drug-likeness (QED) is 0.354. The Morgan fingerprint density at radius 1 is 1.00 bits per heavy atom. The van der Waals surface area contributed by atoms with Crippen molar-refractivity contribution in [3.63, 3.8) is 0 Å². The van der Waals surface area contributed by atoms with Crippen LogP contribution in [0, 0.1) is 0 Å². The van der Waals surface area contributed by atoms with Crippen LogP contribution in [0.25, 0.3) is 0 Å². The molecule has 0 aliphatic carbocycles. The van der Waals surface area contributed by atoms with Gasteiger partial charge in [-0.25, -0.2) is 9.59 Å². The van der Waals surface area contributed by atoms with E-state index >= 15 is 0 Å². The summed E-state index contributed by atoms with van der Waals surface area (Å²) in [4.78, 5) is 50.4. The minimum absolute atomic E-state index is 0.0316. The van der Waals surface area contributed by atoms with Crippen LogP contribution >= 0.6 is 11.3 Å². The summed E-state index contributed by atoms with van der Waals surface area (Å²) >= 11 is 1.24. The summed E-state index contributed by atoms with van der Waals surface area (Å²) in [6, 6.07) is 11.4. The molecule has 1 aromatic carbocycles. The number of nitrogens with one attached hydrogen (secondary N) is 2. The second kappa shape index (κ2) is 13.5. The predicted molar refractivity (Wildman–Crippen MR) is 131 cm³/mol. The molecule has 0 saturated heterocycles. The second-order valence-electron chi connectivity index (χ2n) is 8.57. The lowest BCUT2D eigenvalue weighted by molar-refractivity contribution is -0.157. The standard InChI is InChI=1S/C25H32N2O7S/c1-5-32-21(28)14-12-18-11-13-20(35-18)22(29)26-15-19(23(30)34-25(2,3)4)27-24(31)33-16-17-9-7-6-8-10-17/h6-11,13,19H,5,12,14-16H2,1-4H3,(H,26,29)(H,27,31)/t19-/m0/s1. The van der Waals surface area contributed by atoms with Gasteiger partial charge in [0.25, 0.3) is 5.91 Å². The fraction of sp³-hybridized carbons (Fsp3) is 0.440. The summed E-state index contributed by atoms with van der Waals surface area (Å²) in [6.45, 7) is 7.03. The van der Waals surface area contributed by atoms with Gasteiger partial charge in [-0.15, -0.1) is 11.3 Å². The van der Waals surface area contributed by atoms with Crippen molar-refractivity contribution in [2.75, 3.05) is 13.2 Å². The molecule has 2 amide bonds. The largest absolute Gasteiger partial charge is 0.466 e. The van der Waals surface area contributed by atoms with Crippen molar-refractivity contribution in [1.29, 1.82) is 0 Å².